The molecule has 4 N–H and O–H groups in total. The van der Waals surface area contributed by atoms with Gasteiger partial charge in [-0.3, -0.25) is 0 Å². The van der Waals surface area contributed by atoms with E-state index >= 15 is 0 Å². The van der Waals surface area contributed by atoms with Gasteiger partial charge in [-0.15, -0.1) is 0 Å². The van der Waals surface area contributed by atoms with Crippen LogP contribution in [0.5, 0.6) is 0 Å². The summed E-state index contributed by atoms with van der Waals surface area (Å²) in [5.74, 6) is 0.335. The van der Waals surface area contributed by atoms with Crippen molar-refractivity contribution in [3.8, 4) is 6.07 Å². The molecule has 1 fully saturated rings. The standard InChI is InChI=1S/C14H19N3O/c15-7-6-10-8-12(4-5-13(10)16)17-14-3-1-2-11(14)9-18/h4-5,8,11,14,17-18H,1-3,6,9,16H2. The number of benzene rings is 1. The summed E-state index contributed by atoms with van der Waals surface area (Å²) in [7, 11) is 0. The van der Waals surface area contributed by atoms with Crippen LogP contribution < -0.4 is 11.1 Å². The lowest BCUT2D eigenvalue weighted by molar-refractivity contribution is 0.222. The van der Waals surface area contributed by atoms with Crippen LogP contribution in [0.25, 0.3) is 0 Å². The Morgan fingerprint density at radius 3 is 3.00 bits per heavy atom. The highest BCUT2D eigenvalue weighted by molar-refractivity contribution is 5.58. The number of aliphatic hydroxyl groups excluding tert-OH is 1. The lowest BCUT2D eigenvalue weighted by Crippen LogP contribution is -2.26. The number of aliphatic hydroxyl groups is 1. The highest BCUT2D eigenvalue weighted by atomic mass is 16.3. The van der Waals surface area contributed by atoms with Crippen molar-refractivity contribution in [2.24, 2.45) is 5.92 Å². The van der Waals surface area contributed by atoms with Gasteiger partial charge in [-0.2, -0.15) is 5.26 Å². The number of nitrogens with two attached hydrogens (primary N) is 1. The molecule has 0 saturated heterocycles. The summed E-state index contributed by atoms with van der Waals surface area (Å²) in [6.45, 7) is 0.234. The van der Waals surface area contributed by atoms with E-state index in [2.05, 4.69) is 11.4 Å². The monoisotopic (exact) mass is 245 g/mol. The van der Waals surface area contributed by atoms with Gasteiger partial charge in [-0.25, -0.2) is 0 Å². The lowest BCUT2D eigenvalue weighted by Gasteiger charge is -2.20. The van der Waals surface area contributed by atoms with E-state index in [4.69, 9.17) is 11.0 Å². The summed E-state index contributed by atoms with van der Waals surface area (Å²) < 4.78 is 0. The number of nitriles is 1. The first-order valence-corrected chi connectivity index (χ1v) is 6.37. The van der Waals surface area contributed by atoms with Gasteiger partial charge in [-0.1, -0.05) is 6.42 Å². The molecule has 0 spiro atoms. The summed E-state index contributed by atoms with van der Waals surface area (Å²) >= 11 is 0. The van der Waals surface area contributed by atoms with Crippen LogP contribution >= 0.6 is 0 Å². The fraction of sp³-hybridized carbons (Fsp3) is 0.500. The Morgan fingerprint density at radius 2 is 2.28 bits per heavy atom. The summed E-state index contributed by atoms with van der Waals surface area (Å²) in [5, 5.41) is 21.5. The third-order valence-corrected chi connectivity index (χ3v) is 3.66. The maximum atomic E-state index is 9.29. The molecule has 0 amide bonds. The molecular weight excluding hydrogens is 226 g/mol. The van der Waals surface area contributed by atoms with E-state index in [1.54, 1.807) is 0 Å². The van der Waals surface area contributed by atoms with Gasteiger partial charge in [0.1, 0.15) is 0 Å². The number of nitrogen functional groups attached to an aromatic ring is 1. The SMILES string of the molecule is N#CCc1cc(NC2CCCC2CO)ccc1N. The highest BCUT2D eigenvalue weighted by Crippen LogP contribution is 2.29. The molecule has 0 bridgehead atoms. The summed E-state index contributed by atoms with van der Waals surface area (Å²) in [5.41, 5.74) is 8.33. The first-order chi connectivity index (χ1) is 8.74. The Balaban J connectivity index is 2.09. The summed E-state index contributed by atoms with van der Waals surface area (Å²) in [6, 6.07) is 8.15. The third-order valence-electron chi connectivity index (χ3n) is 3.66. The second-order valence-corrected chi connectivity index (χ2v) is 4.87. The molecule has 0 radical (unpaired) electrons. The second-order valence-electron chi connectivity index (χ2n) is 4.87. The van der Waals surface area contributed by atoms with Gasteiger partial charge in [0.05, 0.1) is 12.5 Å². The molecule has 18 heavy (non-hydrogen) atoms. The van der Waals surface area contributed by atoms with Crippen molar-refractivity contribution in [1.82, 2.24) is 0 Å². The van der Waals surface area contributed by atoms with Crippen LogP contribution in [0, 0.1) is 17.2 Å². The van der Waals surface area contributed by atoms with E-state index in [0.29, 0.717) is 24.1 Å². The maximum absolute atomic E-state index is 9.29. The Hall–Kier alpha value is -1.73. The van der Waals surface area contributed by atoms with Gasteiger partial charge in [-0.05, 0) is 36.6 Å². The van der Waals surface area contributed by atoms with Gasteiger partial charge < -0.3 is 16.2 Å². The molecule has 0 aromatic heterocycles. The van der Waals surface area contributed by atoms with Crippen molar-refractivity contribution in [3.05, 3.63) is 23.8 Å². The van der Waals surface area contributed by atoms with Gasteiger partial charge in [0.2, 0.25) is 0 Å². The number of anilines is 2. The number of nitrogens with one attached hydrogen (secondary N) is 1. The molecular formula is C14H19N3O. The first kappa shape index (κ1) is 12.7. The van der Waals surface area contributed by atoms with E-state index in [9.17, 15) is 5.11 Å². The van der Waals surface area contributed by atoms with Crippen molar-refractivity contribution in [2.45, 2.75) is 31.7 Å². The Bertz CT molecular complexity index is 453. The number of nitrogens with zero attached hydrogens (tertiary/aromatic N) is 1. The van der Waals surface area contributed by atoms with E-state index in [1.807, 2.05) is 18.2 Å². The molecule has 1 aliphatic carbocycles. The first-order valence-electron chi connectivity index (χ1n) is 6.37. The van der Waals surface area contributed by atoms with Crippen LogP contribution in [0.2, 0.25) is 0 Å². The Morgan fingerprint density at radius 1 is 1.44 bits per heavy atom. The van der Waals surface area contributed by atoms with Crippen LogP contribution in [0.15, 0.2) is 18.2 Å². The molecule has 0 heterocycles. The number of rotatable bonds is 4. The molecule has 1 aromatic carbocycles. The quantitative estimate of drug-likeness (QED) is 0.708. The Labute approximate surface area is 107 Å². The maximum Gasteiger partial charge on any atom is 0.0670 e. The molecule has 96 valence electrons. The predicted molar refractivity (Wildman–Crippen MR) is 72.0 cm³/mol. The fourth-order valence-electron chi connectivity index (χ4n) is 2.59. The van der Waals surface area contributed by atoms with E-state index < -0.39 is 0 Å². The summed E-state index contributed by atoms with van der Waals surface area (Å²) in [4.78, 5) is 0. The molecule has 4 nitrogen and oxygen atoms in total. The zero-order chi connectivity index (χ0) is 13.0. The van der Waals surface area contributed by atoms with Crippen LogP contribution in [0.1, 0.15) is 24.8 Å². The molecule has 1 saturated carbocycles. The topological polar surface area (TPSA) is 82.1 Å². The smallest absolute Gasteiger partial charge is 0.0670 e. The Kier molecular flexibility index (Phi) is 4.06. The molecule has 2 atom stereocenters. The van der Waals surface area contributed by atoms with Crippen molar-refractivity contribution < 1.29 is 5.11 Å². The van der Waals surface area contributed by atoms with Crippen LogP contribution in [0.4, 0.5) is 11.4 Å². The van der Waals surface area contributed by atoms with Crippen molar-refractivity contribution in [3.63, 3.8) is 0 Å². The second kappa shape index (κ2) is 5.74. The molecule has 2 unspecified atom stereocenters. The van der Waals surface area contributed by atoms with E-state index in [1.165, 1.54) is 0 Å². The molecule has 0 aliphatic heterocycles. The van der Waals surface area contributed by atoms with Crippen molar-refractivity contribution in [1.29, 1.82) is 5.26 Å². The number of hydrogen-bond acceptors (Lipinski definition) is 4. The fourth-order valence-corrected chi connectivity index (χ4v) is 2.59. The lowest BCUT2D eigenvalue weighted by atomic mass is 10.0. The third kappa shape index (κ3) is 2.74. The average Bonchev–Trinajstić information content (AvgIpc) is 2.81. The summed E-state index contributed by atoms with van der Waals surface area (Å²) in [6.07, 6.45) is 3.65. The molecule has 1 aromatic rings. The average molecular weight is 245 g/mol. The normalized spacial score (nSPS) is 22.7. The molecule has 2 rings (SSSR count). The minimum Gasteiger partial charge on any atom is -0.398 e. The van der Waals surface area contributed by atoms with Crippen LogP contribution in [-0.2, 0) is 6.42 Å². The highest BCUT2D eigenvalue weighted by Gasteiger charge is 2.26. The molecule has 4 heteroatoms. The van der Waals surface area contributed by atoms with Gasteiger partial charge in [0.15, 0.2) is 0 Å². The minimum atomic E-state index is 0.234. The van der Waals surface area contributed by atoms with Crippen molar-refractivity contribution >= 4 is 11.4 Å². The zero-order valence-electron chi connectivity index (χ0n) is 10.4. The van der Waals surface area contributed by atoms with Gasteiger partial charge in [0.25, 0.3) is 0 Å². The number of hydrogen-bond donors (Lipinski definition) is 3. The van der Waals surface area contributed by atoms with Crippen LogP contribution in [-0.4, -0.2) is 17.8 Å². The van der Waals surface area contributed by atoms with E-state index in [0.717, 1.165) is 30.5 Å². The van der Waals surface area contributed by atoms with Gasteiger partial charge in [0, 0.05) is 29.9 Å². The minimum absolute atomic E-state index is 0.234. The largest absolute Gasteiger partial charge is 0.398 e. The molecule has 1 aliphatic rings. The predicted octanol–water partition coefficient (Wildman–Crippen LogP) is 1.91. The van der Waals surface area contributed by atoms with Crippen molar-refractivity contribution in [2.75, 3.05) is 17.7 Å². The van der Waals surface area contributed by atoms with E-state index in [-0.39, 0.29) is 6.61 Å². The van der Waals surface area contributed by atoms with Crippen LogP contribution in [0.3, 0.4) is 0 Å². The zero-order valence-corrected chi connectivity index (χ0v) is 10.4. The van der Waals surface area contributed by atoms with Gasteiger partial charge >= 0.3 is 0 Å².